The molecule has 0 fully saturated rings. The first kappa shape index (κ1) is 37.8. The molecule has 59 heavy (non-hydrogen) atoms. The first-order valence-electron chi connectivity index (χ1n) is 21.9. The average molecular weight is 773 g/mol. The van der Waals surface area contributed by atoms with E-state index in [2.05, 4.69) is 200 Å². The van der Waals surface area contributed by atoms with Gasteiger partial charge >= 0.3 is 0 Å². The van der Waals surface area contributed by atoms with Crippen LogP contribution in [0.15, 0.2) is 126 Å². The number of rotatable bonds is 5. The van der Waals surface area contributed by atoms with E-state index >= 15 is 0 Å². The summed E-state index contributed by atoms with van der Waals surface area (Å²) in [6, 6.07) is 46.2. The average Bonchev–Trinajstić information content (AvgIpc) is 3.60. The Kier molecular flexibility index (Phi) is 8.49. The number of hydrogen-bond donors (Lipinski definition) is 0. The quantitative estimate of drug-likeness (QED) is 0.162. The molecule has 0 saturated carbocycles. The highest BCUT2D eigenvalue weighted by Gasteiger charge is 2.48. The number of anilines is 6. The van der Waals surface area contributed by atoms with Gasteiger partial charge in [-0.3, -0.25) is 0 Å². The Morgan fingerprint density at radius 3 is 2.02 bits per heavy atom. The lowest BCUT2D eigenvalue weighted by Crippen LogP contribution is -2.61. The van der Waals surface area contributed by atoms with Gasteiger partial charge in [-0.1, -0.05) is 135 Å². The minimum Gasteiger partial charge on any atom is -0.468 e. The number of para-hydroxylation sites is 1. The lowest BCUT2D eigenvalue weighted by molar-refractivity contribution is 0.332. The van der Waals surface area contributed by atoms with Crippen LogP contribution in [0.5, 0.6) is 0 Å². The molecule has 10 rings (SSSR count). The highest BCUT2D eigenvalue weighted by Crippen LogP contribution is 2.52. The summed E-state index contributed by atoms with van der Waals surface area (Å²) in [6.07, 6.45) is 3.43. The molecule has 2 aliphatic heterocycles. The van der Waals surface area contributed by atoms with Gasteiger partial charge in [-0.25, -0.2) is 0 Å². The summed E-state index contributed by atoms with van der Waals surface area (Å²) in [7, 11) is 0. The molecule has 0 radical (unpaired) electrons. The maximum absolute atomic E-state index is 7.48. The van der Waals surface area contributed by atoms with Crippen molar-refractivity contribution in [2.45, 2.75) is 111 Å². The van der Waals surface area contributed by atoms with Crippen molar-refractivity contribution >= 4 is 68.4 Å². The Morgan fingerprint density at radius 2 is 1.34 bits per heavy atom. The third-order valence-electron chi connectivity index (χ3n) is 14.2. The van der Waals surface area contributed by atoms with E-state index in [0.29, 0.717) is 5.92 Å². The van der Waals surface area contributed by atoms with Crippen molar-refractivity contribution < 1.29 is 4.42 Å². The Balaban J connectivity index is 1.33. The maximum Gasteiger partial charge on any atom is 0.297 e. The van der Waals surface area contributed by atoms with E-state index in [1.54, 1.807) is 0 Å². The SMILES string of the molecule is CCC(C)c1ccc(N2c3cc(C)cc4c3B(c3cc(C(C)(C)C)ccc3N4c3ccccc3-c3ccccc3)c3oc4cc5c(cc4c32)C(C)(C)CCC5(C)C)cc1. The molecule has 0 N–H and O–H groups in total. The van der Waals surface area contributed by atoms with E-state index in [9.17, 15) is 0 Å². The minimum absolute atomic E-state index is 0.0385. The molecule has 7 aromatic rings. The first-order valence-corrected chi connectivity index (χ1v) is 21.9. The molecule has 0 spiro atoms. The van der Waals surface area contributed by atoms with Gasteiger partial charge in [-0.2, -0.15) is 0 Å². The Hall–Kier alpha value is -5.48. The summed E-state index contributed by atoms with van der Waals surface area (Å²) in [4.78, 5) is 5.10. The van der Waals surface area contributed by atoms with Crippen molar-refractivity contribution in [3.63, 3.8) is 0 Å². The lowest BCUT2D eigenvalue weighted by atomic mass is 9.35. The molecule has 0 saturated heterocycles. The number of benzene rings is 6. The molecular weight excluding hydrogens is 715 g/mol. The summed E-state index contributed by atoms with van der Waals surface area (Å²) in [5, 5.41) is 1.20. The van der Waals surface area contributed by atoms with Crippen molar-refractivity contribution in [2.75, 3.05) is 9.80 Å². The van der Waals surface area contributed by atoms with Gasteiger partial charge in [0.2, 0.25) is 0 Å². The maximum atomic E-state index is 7.48. The highest BCUT2D eigenvalue weighted by molar-refractivity contribution is 7.00. The second-order valence-electron chi connectivity index (χ2n) is 20.1. The van der Waals surface area contributed by atoms with Crippen LogP contribution in [0.25, 0.3) is 22.1 Å². The summed E-state index contributed by atoms with van der Waals surface area (Å²) >= 11 is 0. The van der Waals surface area contributed by atoms with Gasteiger partial charge in [-0.05, 0) is 141 Å². The molecule has 0 amide bonds. The van der Waals surface area contributed by atoms with Gasteiger partial charge in [0.15, 0.2) is 0 Å². The summed E-state index contributed by atoms with van der Waals surface area (Å²) in [5.41, 5.74) is 21.1. The van der Waals surface area contributed by atoms with Gasteiger partial charge in [0.1, 0.15) is 5.58 Å². The Labute approximate surface area is 352 Å². The lowest BCUT2D eigenvalue weighted by Gasteiger charge is -2.43. The van der Waals surface area contributed by atoms with E-state index in [-0.39, 0.29) is 23.0 Å². The second kappa shape index (κ2) is 13.3. The van der Waals surface area contributed by atoms with Crippen LogP contribution in [0.4, 0.5) is 34.1 Å². The highest BCUT2D eigenvalue weighted by atomic mass is 16.3. The van der Waals surface area contributed by atoms with Crippen molar-refractivity contribution in [1.82, 2.24) is 0 Å². The first-order chi connectivity index (χ1) is 28.2. The van der Waals surface area contributed by atoms with E-state index in [1.165, 1.54) is 83.7 Å². The van der Waals surface area contributed by atoms with E-state index in [4.69, 9.17) is 4.42 Å². The monoisotopic (exact) mass is 772 g/mol. The van der Waals surface area contributed by atoms with Crippen molar-refractivity contribution in [3.8, 4) is 11.1 Å². The predicted molar refractivity (Wildman–Crippen MR) is 253 cm³/mol. The molecule has 0 bridgehead atoms. The number of nitrogens with zero attached hydrogens (tertiary/aromatic N) is 2. The van der Waals surface area contributed by atoms with Gasteiger partial charge in [0.25, 0.3) is 6.71 Å². The standard InChI is InChI=1S/C55H57BN2O/c1-11-35(3)36-21-24-39(25-22-36)57-47-29-34(2)30-48-50(47)56(52-51(57)41-32-42-43(33-49(41)59-52)55(9,10)28-27-54(42,7)8)44-31-38(53(4,5)6)23-26-46(44)58(48)45-20-16-15-19-40(45)37-17-13-12-14-18-37/h12-26,29-33,35H,11,27-28H2,1-10H3. The van der Waals surface area contributed by atoms with Crippen LogP contribution in [-0.4, -0.2) is 6.71 Å². The van der Waals surface area contributed by atoms with Crippen LogP contribution < -0.4 is 26.4 Å². The minimum atomic E-state index is -0.103. The summed E-state index contributed by atoms with van der Waals surface area (Å²) in [6.45, 7) is 23.5. The predicted octanol–water partition coefficient (Wildman–Crippen LogP) is 13.7. The van der Waals surface area contributed by atoms with Crippen molar-refractivity contribution in [1.29, 1.82) is 0 Å². The van der Waals surface area contributed by atoms with Crippen LogP contribution in [0.1, 0.15) is 115 Å². The van der Waals surface area contributed by atoms with Gasteiger partial charge in [0, 0.05) is 33.7 Å². The molecule has 6 aromatic carbocycles. The Bertz CT molecular complexity index is 2780. The molecule has 296 valence electrons. The zero-order valence-corrected chi connectivity index (χ0v) is 36.6. The second-order valence-corrected chi connectivity index (χ2v) is 20.1. The molecular formula is C55H57BN2O. The molecule has 3 nitrogen and oxygen atoms in total. The van der Waals surface area contributed by atoms with Crippen LogP contribution in [-0.2, 0) is 16.2 Å². The fourth-order valence-electron chi connectivity index (χ4n) is 10.4. The van der Waals surface area contributed by atoms with Crippen LogP contribution in [0, 0.1) is 6.92 Å². The zero-order valence-electron chi connectivity index (χ0n) is 36.6. The van der Waals surface area contributed by atoms with Crippen LogP contribution >= 0.6 is 0 Å². The molecule has 1 atom stereocenters. The van der Waals surface area contributed by atoms with Gasteiger partial charge in [0.05, 0.1) is 17.0 Å². The third kappa shape index (κ3) is 5.84. The molecule has 3 aliphatic rings. The van der Waals surface area contributed by atoms with E-state index in [0.717, 1.165) is 36.2 Å². The number of furan rings is 1. The van der Waals surface area contributed by atoms with Crippen molar-refractivity contribution in [3.05, 3.63) is 149 Å². The van der Waals surface area contributed by atoms with Gasteiger partial charge in [-0.15, -0.1) is 0 Å². The largest absolute Gasteiger partial charge is 0.468 e. The number of aryl methyl sites for hydroxylation is 1. The number of fused-ring (bicyclic) bond motifs is 7. The molecule has 3 heterocycles. The molecule has 1 unspecified atom stereocenters. The molecule has 1 aliphatic carbocycles. The zero-order chi connectivity index (χ0) is 41.2. The van der Waals surface area contributed by atoms with Gasteiger partial charge < -0.3 is 14.2 Å². The summed E-state index contributed by atoms with van der Waals surface area (Å²) < 4.78 is 7.48. The normalized spacial score (nSPS) is 16.7. The Morgan fingerprint density at radius 1 is 0.695 bits per heavy atom. The van der Waals surface area contributed by atoms with E-state index < -0.39 is 0 Å². The fraction of sp³-hybridized carbons (Fsp3) is 0.309. The fourth-order valence-corrected chi connectivity index (χ4v) is 10.4. The van der Waals surface area contributed by atoms with Crippen LogP contribution in [0.3, 0.4) is 0 Å². The smallest absolute Gasteiger partial charge is 0.297 e. The van der Waals surface area contributed by atoms with Crippen molar-refractivity contribution in [2.24, 2.45) is 0 Å². The summed E-state index contributed by atoms with van der Waals surface area (Å²) in [5.74, 6) is 0.496. The third-order valence-corrected chi connectivity index (χ3v) is 14.2. The molecule has 4 heteroatoms. The topological polar surface area (TPSA) is 19.6 Å². The van der Waals surface area contributed by atoms with E-state index in [1.807, 2.05) is 0 Å². The number of hydrogen-bond acceptors (Lipinski definition) is 3. The molecule has 1 aromatic heterocycles. The van der Waals surface area contributed by atoms with Crippen LogP contribution in [0.2, 0.25) is 0 Å².